The standard InChI is InChI=1S/C74H98N2O2S6Se2/c1-7-11-15-19-23-25-29-33-37-53(35-31-27-21-17-13-9-3)49-75-71(56-40-39-51(5)79-56)69-70(74(75)78)72(76(73(69)77)50-54(36-32-28-22-18-14-10-4)38-34-30-26-24-20-16-12-8-2)57-42-41-55(81-57)59-44-61-62(82-59)46-64(84-61)66-48-68-67(86-66)47-65(85-68)63-45-60-58(83-63)43-52(6)80-60/h39-48,53-54H,7-38,49-50H2,1-6H3. The Balaban J connectivity index is 0.948. The van der Waals surface area contributed by atoms with Gasteiger partial charge in [-0.1, -0.05) is 207 Å². The molecule has 2 unspecified atom stereocenters. The number of carbonyl (C=O) groups is 2. The number of carbonyl (C=O) groups excluding carboxylic acids is 2. The zero-order valence-electron chi connectivity index (χ0n) is 52.9. The molecule has 8 aromatic heterocycles. The maximum atomic E-state index is 16.0. The van der Waals surface area contributed by atoms with Crippen molar-refractivity contribution >= 4 is 148 Å². The van der Waals surface area contributed by atoms with Gasteiger partial charge in [0, 0.05) is 11.4 Å². The van der Waals surface area contributed by atoms with Crippen molar-refractivity contribution in [2.75, 3.05) is 13.1 Å². The number of thiophene rings is 6. The van der Waals surface area contributed by atoms with Gasteiger partial charge in [0.2, 0.25) is 0 Å². The molecule has 0 fully saturated rings. The van der Waals surface area contributed by atoms with E-state index < -0.39 is 0 Å². The minimum Gasteiger partial charge on any atom is -0.269 e. The number of nitrogens with zero attached hydrogens (tertiary/aromatic N) is 2. The summed E-state index contributed by atoms with van der Waals surface area (Å²) in [5, 5.41) is 0. The van der Waals surface area contributed by atoms with Crippen LogP contribution in [0, 0.1) is 25.7 Å². The molecule has 10 heterocycles. The number of aryl methyl sites for hydroxylation is 2. The van der Waals surface area contributed by atoms with Crippen molar-refractivity contribution in [1.29, 1.82) is 0 Å². The molecule has 0 saturated carbocycles. The molecule has 0 saturated heterocycles. The van der Waals surface area contributed by atoms with Crippen molar-refractivity contribution in [2.24, 2.45) is 11.8 Å². The van der Waals surface area contributed by atoms with Crippen LogP contribution >= 0.6 is 68.0 Å². The van der Waals surface area contributed by atoms with E-state index >= 15 is 9.59 Å². The van der Waals surface area contributed by atoms with Crippen molar-refractivity contribution in [3.05, 3.63) is 91.3 Å². The van der Waals surface area contributed by atoms with E-state index in [1.807, 2.05) is 45.3 Å². The van der Waals surface area contributed by atoms with E-state index in [-0.39, 0.29) is 11.8 Å². The number of rotatable bonds is 41. The van der Waals surface area contributed by atoms with Crippen LogP contribution in [-0.4, -0.2) is 63.7 Å². The van der Waals surface area contributed by atoms with Crippen LogP contribution in [0.15, 0.2) is 71.8 Å². The monoisotopic (exact) mass is 1400 g/mol. The molecule has 464 valence electrons. The zero-order chi connectivity index (χ0) is 59.8. The van der Waals surface area contributed by atoms with Gasteiger partial charge in [-0.05, 0) is 56.6 Å². The van der Waals surface area contributed by atoms with E-state index in [1.165, 1.54) is 232 Å². The normalized spacial score (nSPS) is 14.6. The van der Waals surface area contributed by atoms with Crippen LogP contribution in [0.25, 0.3) is 67.1 Å². The molecule has 2 amide bonds. The van der Waals surface area contributed by atoms with Crippen molar-refractivity contribution in [2.45, 2.75) is 247 Å². The number of fused-ring (bicyclic) bond motifs is 4. The predicted molar refractivity (Wildman–Crippen MR) is 387 cm³/mol. The Morgan fingerprint density at radius 3 is 1.10 bits per heavy atom. The molecule has 2 atom stereocenters. The second kappa shape index (κ2) is 33.6. The molecule has 0 aliphatic carbocycles. The number of hydrogen-bond donors (Lipinski definition) is 0. The van der Waals surface area contributed by atoms with Crippen molar-refractivity contribution < 1.29 is 9.59 Å². The first kappa shape index (κ1) is 66.3. The van der Waals surface area contributed by atoms with Crippen LogP contribution in [0.3, 0.4) is 0 Å². The fourth-order valence-electron chi connectivity index (χ4n) is 13.4. The first-order valence-electron chi connectivity index (χ1n) is 34.0. The summed E-state index contributed by atoms with van der Waals surface area (Å²) in [5.74, 6) is 0.907. The third kappa shape index (κ3) is 17.1. The Hall–Kier alpha value is -2.60. The molecule has 0 aromatic carbocycles. The van der Waals surface area contributed by atoms with Gasteiger partial charge in [-0.15, -0.1) is 11.3 Å². The van der Waals surface area contributed by atoms with Crippen LogP contribution in [0.1, 0.15) is 253 Å². The first-order valence-corrected chi connectivity index (χ1v) is 42.3. The van der Waals surface area contributed by atoms with E-state index in [0.717, 1.165) is 46.8 Å². The van der Waals surface area contributed by atoms with Gasteiger partial charge < -0.3 is 4.90 Å². The molecule has 10 rings (SSSR count). The van der Waals surface area contributed by atoms with Gasteiger partial charge in [0.15, 0.2) is 0 Å². The second-order valence-electron chi connectivity index (χ2n) is 25.3. The molecular weight excluding hydrogens is 1300 g/mol. The SMILES string of the molecule is CCCCCCCCCCC(CCCCCCCC)CN1C(=O)C2=C(c3ccc(-c4cc5sc(-c6cc7[se]c(-c8cc9sc(C)cc9s8)cc7[se]6)cc5s4)s3)N(CC(CCCCCCCC)CCCCCCCCCC)C(=O)C2=C1c1ccc(C)s1. The van der Waals surface area contributed by atoms with Crippen LogP contribution < -0.4 is 0 Å². The van der Waals surface area contributed by atoms with Crippen molar-refractivity contribution in [3.63, 3.8) is 0 Å². The average molecular weight is 1400 g/mol. The van der Waals surface area contributed by atoms with Crippen LogP contribution in [0.4, 0.5) is 0 Å². The summed E-state index contributed by atoms with van der Waals surface area (Å²) in [5.41, 5.74) is 3.15. The fourth-order valence-corrected chi connectivity index (χ4v) is 26.4. The molecular formula is C74H98N2O2S6Se2. The Morgan fingerprint density at radius 1 is 0.349 bits per heavy atom. The topological polar surface area (TPSA) is 40.6 Å². The Morgan fingerprint density at radius 2 is 0.698 bits per heavy atom. The van der Waals surface area contributed by atoms with Gasteiger partial charge in [-0.3, -0.25) is 9.59 Å². The Kier molecular flexibility index (Phi) is 25.9. The van der Waals surface area contributed by atoms with Crippen LogP contribution in [0.2, 0.25) is 0 Å². The van der Waals surface area contributed by atoms with Gasteiger partial charge in [0.1, 0.15) is 0 Å². The summed E-state index contributed by atoms with van der Waals surface area (Å²) < 4.78 is 11.9. The molecule has 0 N–H and O–H groups in total. The summed E-state index contributed by atoms with van der Waals surface area (Å²) in [6.07, 6.45) is 40.8. The minimum absolute atomic E-state index is 0.0584. The van der Waals surface area contributed by atoms with E-state index in [9.17, 15) is 0 Å². The summed E-state index contributed by atoms with van der Waals surface area (Å²) in [7, 11) is 0. The van der Waals surface area contributed by atoms with Gasteiger partial charge >= 0.3 is 247 Å². The van der Waals surface area contributed by atoms with Crippen molar-refractivity contribution in [3.8, 4) is 28.4 Å². The number of amides is 2. The molecule has 4 nitrogen and oxygen atoms in total. The van der Waals surface area contributed by atoms with Crippen LogP contribution in [-0.2, 0) is 9.59 Å². The van der Waals surface area contributed by atoms with E-state index in [0.29, 0.717) is 65.1 Å². The number of unbranched alkanes of at least 4 members (excludes halogenated alkanes) is 24. The van der Waals surface area contributed by atoms with E-state index in [2.05, 4.69) is 112 Å². The molecule has 0 spiro atoms. The molecule has 2 aliphatic heterocycles. The van der Waals surface area contributed by atoms with E-state index in [4.69, 9.17) is 0 Å². The zero-order valence-corrected chi connectivity index (χ0v) is 61.3. The summed E-state index contributed by atoms with van der Waals surface area (Å²) in [6, 6.07) is 23.7. The fraction of sp³-hybridized carbons (Fsp3) is 0.568. The average Bonchev–Trinajstić information content (AvgIpc) is 1.71. The summed E-state index contributed by atoms with van der Waals surface area (Å²) in [6.45, 7) is 15.0. The molecule has 8 aromatic rings. The van der Waals surface area contributed by atoms with Crippen LogP contribution in [0.5, 0.6) is 0 Å². The van der Waals surface area contributed by atoms with Gasteiger partial charge in [0.05, 0.1) is 10.6 Å². The Bertz CT molecular complexity index is 3390. The third-order valence-electron chi connectivity index (χ3n) is 18.2. The summed E-state index contributed by atoms with van der Waals surface area (Å²) in [4.78, 5) is 46.4. The van der Waals surface area contributed by atoms with Gasteiger partial charge in [-0.25, -0.2) is 0 Å². The summed E-state index contributed by atoms with van der Waals surface area (Å²) >= 11 is 12.0. The smallest absolute Gasteiger partial charge is 0.269 e. The quantitative estimate of drug-likeness (QED) is 0.0283. The van der Waals surface area contributed by atoms with E-state index in [1.54, 1.807) is 35.6 Å². The molecule has 2 aliphatic rings. The molecule has 0 bridgehead atoms. The van der Waals surface area contributed by atoms with Crippen molar-refractivity contribution in [1.82, 2.24) is 9.80 Å². The Labute approximate surface area is 553 Å². The predicted octanol–water partition coefficient (Wildman–Crippen LogP) is 24.8. The number of hydrogen-bond acceptors (Lipinski definition) is 8. The second-order valence-corrected chi connectivity index (χ2v) is 36.8. The van der Waals surface area contributed by atoms with Gasteiger partial charge in [0.25, 0.3) is 0 Å². The first-order chi connectivity index (χ1) is 42.1. The molecule has 12 heteroatoms. The third-order valence-corrected chi connectivity index (χ3v) is 31.0. The molecule has 86 heavy (non-hydrogen) atoms. The van der Waals surface area contributed by atoms with Gasteiger partial charge in [-0.2, -0.15) is 0 Å². The molecule has 0 radical (unpaired) electrons. The maximum absolute atomic E-state index is 16.0. The minimum atomic E-state index is 0.0584.